The lowest BCUT2D eigenvalue weighted by Gasteiger charge is -2.37. The first-order chi connectivity index (χ1) is 17.1. The maximum Gasteiger partial charge on any atom is 0.122 e. The van der Waals surface area contributed by atoms with Gasteiger partial charge in [0.05, 0.1) is 5.41 Å². The number of benzene rings is 4. The van der Waals surface area contributed by atoms with Gasteiger partial charge in [0.2, 0.25) is 0 Å². The highest BCUT2D eigenvalue weighted by Gasteiger charge is 2.38. The van der Waals surface area contributed by atoms with Gasteiger partial charge in [0, 0.05) is 0 Å². The lowest BCUT2D eigenvalue weighted by atomic mass is 9.64. The molecule has 0 N–H and O–H groups in total. The van der Waals surface area contributed by atoms with Crippen LogP contribution in [-0.2, 0) is 5.41 Å². The molecular formula is C33H32O2. The van der Waals surface area contributed by atoms with Crippen LogP contribution < -0.4 is 9.47 Å². The number of hydrogen-bond acceptors (Lipinski definition) is 2. The molecule has 4 aromatic rings. The van der Waals surface area contributed by atoms with Gasteiger partial charge in [-0.25, -0.2) is 0 Å². The van der Waals surface area contributed by atoms with E-state index in [1.54, 1.807) is 12.2 Å². The van der Waals surface area contributed by atoms with Gasteiger partial charge in [-0.05, 0) is 59.4 Å². The van der Waals surface area contributed by atoms with Gasteiger partial charge in [-0.3, -0.25) is 0 Å². The van der Waals surface area contributed by atoms with Crippen LogP contribution in [0.5, 0.6) is 11.5 Å². The molecule has 0 amide bonds. The maximum atomic E-state index is 5.90. The van der Waals surface area contributed by atoms with E-state index in [0.717, 1.165) is 22.6 Å². The van der Waals surface area contributed by atoms with Gasteiger partial charge in [-0.15, -0.1) is 0 Å². The van der Waals surface area contributed by atoms with Crippen molar-refractivity contribution in [3.05, 3.63) is 156 Å². The van der Waals surface area contributed by atoms with Crippen molar-refractivity contribution in [3.63, 3.8) is 0 Å². The average Bonchev–Trinajstić information content (AvgIpc) is 2.89. The zero-order valence-electron chi connectivity index (χ0n) is 20.5. The molecule has 0 radical (unpaired) electrons. The van der Waals surface area contributed by atoms with Crippen molar-refractivity contribution < 1.29 is 9.47 Å². The predicted molar refractivity (Wildman–Crippen MR) is 146 cm³/mol. The highest BCUT2D eigenvalue weighted by molar-refractivity contribution is 5.62. The van der Waals surface area contributed by atoms with Crippen molar-refractivity contribution in [2.75, 3.05) is 13.2 Å². The number of aryl methyl sites for hydroxylation is 2. The molecule has 0 aliphatic rings. The van der Waals surface area contributed by atoms with Gasteiger partial charge in [0.25, 0.3) is 0 Å². The first kappa shape index (κ1) is 24.1. The summed E-state index contributed by atoms with van der Waals surface area (Å²) in [7, 11) is 0. The van der Waals surface area contributed by atoms with Crippen molar-refractivity contribution in [2.45, 2.75) is 19.3 Å². The van der Waals surface area contributed by atoms with Crippen molar-refractivity contribution >= 4 is 0 Å². The van der Waals surface area contributed by atoms with E-state index in [1.807, 2.05) is 0 Å². The van der Waals surface area contributed by atoms with Crippen LogP contribution in [0, 0.1) is 13.8 Å². The zero-order chi connectivity index (χ0) is 24.7. The quantitative estimate of drug-likeness (QED) is 0.177. The van der Waals surface area contributed by atoms with E-state index in [-0.39, 0.29) is 0 Å². The summed E-state index contributed by atoms with van der Waals surface area (Å²) in [5.41, 5.74) is 6.40. The first-order valence-electron chi connectivity index (χ1n) is 11.9. The lowest BCUT2D eigenvalue weighted by molar-refractivity contribution is 0.360. The summed E-state index contributed by atoms with van der Waals surface area (Å²) in [6.07, 6.45) is 3.54. The first-order valence-corrected chi connectivity index (χ1v) is 11.9. The van der Waals surface area contributed by atoms with Crippen LogP contribution in [0.25, 0.3) is 0 Å². The summed E-state index contributed by atoms with van der Waals surface area (Å²) in [4.78, 5) is 0. The molecular weight excluding hydrogens is 428 g/mol. The summed E-state index contributed by atoms with van der Waals surface area (Å²) < 4.78 is 11.8. The minimum absolute atomic E-state index is 0.480. The second kappa shape index (κ2) is 10.9. The SMILES string of the molecule is C=CCOc1ccc(C(c2ccccc2)(c2ccccc2)c2ccc(OCC=C)c(C)c2)cc1C. The second-order valence-corrected chi connectivity index (χ2v) is 8.64. The van der Waals surface area contributed by atoms with Gasteiger partial charge in [-0.1, -0.05) is 110 Å². The van der Waals surface area contributed by atoms with E-state index >= 15 is 0 Å². The molecule has 2 nitrogen and oxygen atoms in total. The molecule has 35 heavy (non-hydrogen) atoms. The highest BCUT2D eigenvalue weighted by Crippen LogP contribution is 2.46. The molecule has 0 unspecified atom stereocenters. The van der Waals surface area contributed by atoms with Crippen LogP contribution in [0.3, 0.4) is 0 Å². The predicted octanol–water partition coefficient (Wildman–Crippen LogP) is 7.82. The van der Waals surface area contributed by atoms with Crippen LogP contribution >= 0.6 is 0 Å². The van der Waals surface area contributed by atoms with Crippen LogP contribution in [0.15, 0.2) is 122 Å². The summed E-state index contributed by atoms with van der Waals surface area (Å²) >= 11 is 0. The van der Waals surface area contributed by atoms with Crippen molar-refractivity contribution in [1.82, 2.24) is 0 Å². The third-order valence-electron chi connectivity index (χ3n) is 6.34. The van der Waals surface area contributed by atoms with Gasteiger partial charge >= 0.3 is 0 Å². The maximum absolute atomic E-state index is 5.90. The van der Waals surface area contributed by atoms with Gasteiger partial charge in [0.15, 0.2) is 0 Å². The molecule has 0 spiro atoms. The van der Waals surface area contributed by atoms with Gasteiger partial charge < -0.3 is 9.47 Å². The van der Waals surface area contributed by atoms with E-state index in [9.17, 15) is 0 Å². The molecule has 4 aromatic carbocycles. The Hall–Kier alpha value is -4.04. The van der Waals surface area contributed by atoms with Crippen LogP contribution in [0.4, 0.5) is 0 Å². The van der Waals surface area contributed by atoms with E-state index in [4.69, 9.17) is 9.47 Å². The standard InChI is InChI=1S/C33H32O2/c1-5-21-34-31-19-17-29(23-25(31)3)33(27-13-9-7-10-14-27,28-15-11-8-12-16-28)30-18-20-32(26(4)24-30)35-22-6-2/h5-20,23-24H,1-2,21-22H2,3-4H3. The second-order valence-electron chi connectivity index (χ2n) is 8.64. The summed E-state index contributed by atoms with van der Waals surface area (Å²) in [6, 6.07) is 34.4. The molecule has 0 aliphatic carbocycles. The Morgan fingerprint density at radius 2 is 0.971 bits per heavy atom. The molecule has 2 heteroatoms. The largest absolute Gasteiger partial charge is 0.489 e. The molecule has 0 aliphatic heterocycles. The number of rotatable bonds is 10. The fourth-order valence-corrected chi connectivity index (χ4v) is 4.76. The van der Waals surface area contributed by atoms with E-state index in [1.165, 1.54) is 22.3 Å². The van der Waals surface area contributed by atoms with Crippen molar-refractivity contribution in [3.8, 4) is 11.5 Å². The smallest absolute Gasteiger partial charge is 0.122 e. The topological polar surface area (TPSA) is 18.5 Å². The molecule has 0 saturated heterocycles. The average molecular weight is 461 g/mol. The molecule has 0 heterocycles. The van der Waals surface area contributed by atoms with Crippen LogP contribution in [0.2, 0.25) is 0 Å². The summed E-state index contributed by atoms with van der Waals surface area (Å²) in [5.74, 6) is 1.74. The van der Waals surface area contributed by atoms with E-state index in [0.29, 0.717) is 13.2 Å². The van der Waals surface area contributed by atoms with Crippen molar-refractivity contribution in [2.24, 2.45) is 0 Å². The summed E-state index contributed by atoms with van der Waals surface area (Å²) in [6.45, 7) is 12.7. The Balaban J connectivity index is 2.01. The third kappa shape index (κ3) is 4.79. The normalized spacial score (nSPS) is 11.0. The Kier molecular flexibility index (Phi) is 7.52. The number of ether oxygens (including phenoxy) is 2. The molecule has 0 fully saturated rings. The third-order valence-corrected chi connectivity index (χ3v) is 6.34. The van der Waals surface area contributed by atoms with Crippen molar-refractivity contribution in [1.29, 1.82) is 0 Å². The minimum Gasteiger partial charge on any atom is -0.489 e. The number of hydrogen-bond donors (Lipinski definition) is 0. The zero-order valence-corrected chi connectivity index (χ0v) is 20.5. The lowest BCUT2D eigenvalue weighted by Crippen LogP contribution is -2.31. The van der Waals surface area contributed by atoms with E-state index < -0.39 is 5.41 Å². The molecule has 0 aromatic heterocycles. The Bertz CT molecular complexity index is 1190. The highest BCUT2D eigenvalue weighted by atomic mass is 16.5. The molecule has 176 valence electrons. The monoisotopic (exact) mass is 460 g/mol. The molecule has 0 saturated carbocycles. The Labute approximate surface area is 209 Å². The van der Waals surface area contributed by atoms with Gasteiger partial charge in [-0.2, -0.15) is 0 Å². The Morgan fingerprint density at radius 1 is 0.571 bits per heavy atom. The molecule has 4 rings (SSSR count). The fourth-order valence-electron chi connectivity index (χ4n) is 4.76. The summed E-state index contributed by atoms with van der Waals surface area (Å²) in [5, 5.41) is 0. The van der Waals surface area contributed by atoms with Crippen LogP contribution in [0.1, 0.15) is 33.4 Å². The molecule has 0 bridgehead atoms. The van der Waals surface area contributed by atoms with Crippen LogP contribution in [-0.4, -0.2) is 13.2 Å². The van der Waals surface area contributed by atoms with E-state index in [2.05, 4.69) is 124 Å². The van der Waals surface area contributed by atoms with Gasteiger partial charge in [0.1, 0.15) is 24.7 Å². The molecule has 0 atom stereocenters. The Morgan fingerprint density at radius 3 is 1.31 bits per heavy atom. The fraction of sp³-hybridized carbons (Fsp3) is 0.152. The minimum atomic E-state index is -0.522.